The number of hydrogen-bond donors (Lipinski definition) is 0. The Labute approximate surface area is 126 Å². The van der Waals surface area contributed by atoms with Gasteiger partial charge in [0, 0.05) is 25.3 Å². The Morgan fingerprint density at radius 1 is 0.750 bits per heavy atom. The van der Waals surface area contributed by atoms with Crippen LogP contribution in [-0.4, -0.2) is 22.8 Å². The van der Waals surface area contributed by atoms with Gasteiger partial charge in [0.2, 0.25) is 0 Å². The Balaban J connectivity index is 2.14. The molecule has 20 heavy (non-hydrogen) atoms. The first kappa shape index (κ1) is 16.5. The molecule has 2 nitrogen and oxygen atoms in total. The van der Waals surface area contributed by atoms with Gasteiger partial charge in [-0.3, -0.25) is 0 Å². The monoisotopic (exact) mass is 298 g/mol. The van der Waals surface area contributed by atoms with E-state index in [1.54, 1.807) is 0 Å². The smallest absolute Gasteiger partial charge is 0.344 e. The summed E-state index contributed by atoms with van der Waals surface area (Å²) in [6.07, 6.45) is 9.19. The molecule has 2 rings (SSSR count). The van der Waals surface area contributed by atoms with E-state index in [-0.39, 0.29) is 0 Å². The van der Waals surface area contributed by atoms with Gasteiger partial charge in [-0.2, -0.15) is 0 Å². The minimum atomic E-state index is -2.06. The number of rotatable bonds is 4. The molecule has 0 bridgehead atoms. The summed E-state index contributed by atoms with van der Waals surface area (Å²) in [5.74, 6) is 0. The molecule has 0 radical (unpaired) electrons. The summed E-state index contributed by atoms with van der Waals surface area (Å²) in [5, 5.41) is 0. The molecule has 0 saturated heterocycles. The third-order valence-electron chi connectivity index (χ3n) is 6.08. The summed E-state index contributed by atoms with van der Waals surface area (Å²) in [6.45, 7) is 9.62. The van der Waals surface area contributed by atoms with Gasteiger partial charge < -0.3 is 8.85 Å². The van der Waals surface area contributed by atoms with E-state index in [9.17, 15) is 0 Å². The van der Waals surface area contributed by atoms with Crippen LogP contribution in [0.1, 0.15) is 72.6 Å². The van der Waals surface area contributed by atoms with Crippen LogP contribution in [-0.2, 0) is 8.85 Å². The second-order valence-corrected chi connectivity index (χ2v) is 12.6. The van der Waals surface area contributed by atoms with Crippen LogP contribution < -0.4 is 0 Å². The molecule has 118 valence electrons. The fourth-order valence-corrected chi connectivity index (χ4v) is 9.31. The molecule has 0 N–H and O–H groups in total. The second kappa shape index (κ2) is 5.73. The molecule has 0 aromatic carbocycles. The molecule has 3 heteroatoms. The molecule has 2 aliphatic carbocycles. The fraction of sp³-hybridized carbons (Fsp3) is 1.00. The minimum Gasteiger partial charge on any atom is -0.397 e. The predicted octanol–water partition coefficient (Wildman–Crippen LogP) is 5.27. The van der Waals surface area contributed by atoms with Crippen LogP contribution >= 0.6 is 0 Å². The lowest BCUT2D eigenvalue weighted by Gasteiger charge is -2.44. The van der Waals surface area contributed by atoms with E-state index in [2.05, 4.69) is 27.7 Å². The lowest BCUT2D eigenvalue weighted by Crippen LogP contribution is -2.50. The second-order valence-electron chi connectivity index (χ2n) is 8.67. The quantitative estimate of drug-likeness (QED) is 0.658. The van der Waals surface area contributed by atoms with E-state index in [1.807, 2.05) is 14.2 Å². The molecule has 0 aromatic rings. The van der Waals surface area contributed by atoms with E-state index < -0.39 is 8.56 Å². The Hall–Kier alpha value is 0.137. The highest BCUT2D eigenvalue weighted by atomic mass is 28.4. The van der Waals surface area contributed by atoms with Crippen molar-refractivity contribution < 1.29 is 8.85 Å². The summed E-state index contributed by atoms with van der Waals surface area (Å²) in [7, 11) is 1.77. The zero-order valence-corrected chi connectivity index (χ0v) is 15.4. The van der Waals surface area contributed by atoms with Gasteiger partial charge in [-0.25, -0.2) is 0 Å². The van der Waals surface area contributed by atoms with Crippen molar-refractivity contribution in [3.63, 3.8) is 0 Å². The Morgan fingerprint density at radius 3 is 1.60 bits per heavy atom. The molecule has 2 aliphatic rings. The van der Waals surface area contributed by atoms with Gasteiger partial charge in [0.1, 0.15) is 0 Å². The third kappa shape index (κ3) is 3.15. The summed E-state index contributed by atoms with van der Waals surface area (Å²) >= 11 is 0. The highest BCUT2D eigenvalue weighted by Crippen LogP contribution is 2.56. The van der Waals surface area contributed by atoms with Gasteiger partial charge in [-0.05, 0) is 55.8 Å². The van der Waals surface area contributed by atoms with Gasteiger partial charge in [0.15, 0.2) is 0 Å². The van der Waals surface area contributed by atoms with Crippen molar-refractivity contribution in [2.75, 3.05) is 14.2 Å². The van der Waals surface area contributed by atoms with E-state index in [0.717, 1.165) is 0 Å². The average molecular weight is 299 g/mol. The van der Waals surface area contributed by atoms with Crippen molar-refractivity contribution in [3.05, 3.63) is 0 Å². The molecule has 0 heterocycles. The normalized spacial score (nSPS) is 30.6. The maximum absolute atomic E-state index is 6.19. The summed E-state index contributed by atoms with van der Waals surface area (Å²) in [5.41, 5.74) is 2.39. The van der Waals surface area contributed by atoms with Gasteiger partial charge in [0.05, 0.1) is 0 Å². The van der Waals surface area contributed by atoms with Gasteiger partial charge in [-0.1, -0.05) is 27.7 Å². The molecular formula is C17H34O2Si. The van der Waals surface area contributed by atoms with Gasteiger partial charge in [-0.15, -0.1) is 0 Å². The first-order chi connectivity index (χ1) is 9.25. The molecule has 0 amide bonds. The SMILES string of the molecule is CO[Si](OC)(C1CCC(C)(C)CC1)C1CCC(C)(C)C1. The third-order valence-corrected chi connectivity index (χ3v) is 10.7. The van der Waals surface area contributed by atoms with Crippen LogP contribution in [0, 0.1) is 10.8 Å². The molecule has 0 aliphatic heterocycles. The van der Waals surface area contributed by atoms with Crippen molar-refractivity contribution >= 4 is 8.56 Å². The molecule has 2 fully saturated rings. The summed E-state index contributed by atoms with van der Waals surface area (Å²) in [6, 6.07) is 0. The maximum Gasteiger partial charge on any atom is 0.344 e. The molecule has 0 spiro atoms. The standard InChI is InChI=1S/C17H34O2Si/c1-16(2)10-7-14(8-11-16)20(18-5,19-6)15-9-12-17(3,4)13-15/h14-15H,7-13H2,1-6H3. The lowest BCUT2D eigenvalue weighted by molar-refractivity contribution is 0.172. The van der Waals surface area contributed by atoms with Crippen LogP contribution in [0.25, 0.3) is 0 Å². The molecular weight excluding hydrogens is 264 g/mol. The fourth-order valence-electron chi connectivity index (χ4n) is 4.66. The van der Waals surface area contributed by atoms with Crippen LogP contribution in [0.15, 0.2) is 0 Å². The van der Waals surface area contributed by atoms with E-state index >= 15 is 0 Å². The number of hydrogen-bond acceptors (Lipinski definition) is 2. The van der Waals surface area contributed by atoms with Crippen LogP contribution in [0.4, 0.5) is 0 Å². The van der Waals surface area contributed by atoms with Crippen LogP contribution in [0.2, 0.25) is 11.1 Å². The Morgan fingerprint density at radius 2 is 1.20 bits per heavy atom. The lowest BCUT2D eigenvalue weighted by atomic mass is 9.77. The first-order valence-electron chi connectivity index (χ1n) is 8.35. The average Bonchev–Trinajstić information content (AvgIpc) is 2.74. The molecule has 1 unspecified atom stereocenters. The van der Waals surface area contributed by atoms with Crippen molar-refractivity contribution in [1.29, 1.82) is 0 Å². The minimum absolute atomic E-state index is 0.480. The first-order valence-corrected chi connectivity index (χ1v) is 10.3. The topological polar surface area (TPSA) is 18.5 Å². The van der Waals surface area contributed by atoms with E-state index in [0.29, 0.717) is 21.9 Å². The zero-order chi connectivity index (χ0) is 15.0. The Bertz CT molecular complexity index is 324. The largest absolute Gasteiger partial charge is 0.397 e. The highest BCUT2D eigenvalue weighted by molar-refractivity contribution is 6.70. The van der Waals surface area contributed by atoms with Crippen LogP contribution in [0.3, 0.4) is 0 Å². The Kier molecular flexibility index (Phi) is 4.73. The maximum atomic E-state index is 6.19. The highest BCUT2D eigenvalue weighted by Gasteiger charge is 2.55. The van der Waals surface area contributed by atoms with Crippen molar-refractivity contribution in [2.45, 2.75) is 83.7 Å². The van der Waals surface area contributed by atoms with E-state index in [1.165, 1.54) is 44.9 Å². The van der Waals surface area contributed by atoms with Gasteiger partial charge >= 0.3 is 8.56 Å². The van der Waals surface area contributed by atoms with Crippen LogP contribution in [0.5, 0.6) is 0 Å². The van der Waals surface area contributed by atoms with Gasteiger partial charge in [0.25, 0.3) is 0 Å². The molecule has 0 aromatic heterocycles. The van der Waals surface area contributed by atoms with E-state index in [4.69, 9.17) is 8.85 Å². The van der Waals surface area contributed by atoms with Crippen molar-refractivity contribution in [3.8, 4) is 0 Å². The predicted molar refractivity (Wildman–Crippen MR) is 87.2 cm³/mol. The summed E-state index contributed by atoms with van der Waals surface area (Å²) < 4.78 is 12.4. The zero-order valence-electron chi connectivity index (χ0n) is 14.4. The van der Waals surface area contributed by atoms with Crippen molar-refractivity contribution in [1.82, 2.24) is 0 Å². The molecule has 2 saturated carbocycles. The molecule has 1 atom stereocenters. The summed E-state index contributed by atoms with van der Waals surface area (Å²) in [4.78, 5) is 0. The van der Waals surface area contributed by atoms with Crippen molar-refractivity contribution in [2.24, 2.45) is 10.8 Å².